The second-order valence-corrected chi connectivity index (χ2v) is 3.05. The Kier molecular flexibility index (Phi) is 2.95. The van der Waals surface area contributed by atoms with E-state index in [1.165, 1.54) is 0 Å². The molecule has 2 nitrogen and oxygen atoms in total. The van der Waals surface area contributed by atoms with Gasteiger partial charge in [0.1, 0.15) is 0 Å². The van der Waals surface area contributed by atoms with Crippen LogP contribution in [0.4, 0.5) is 13.2 Å². The molecule has 1 fully saturated rings. The van der Waals surface area contributed by atoms with Crippen LogP contribution in [0.2, 0.25) is 0 Å². The molecule has 0 spiro atoms. The van der Waals surface area contributed by atoms with Crippen molar-refractivity contribution in [2.75, 3.05) is 13.1 Å². The van der Waals surface area contributed by atoms with Crippen molar-refractivity contribution in [1.29, 1.82) is 0 Å². The van der Waals surface area contributed by atoms with Crippen LogP contribution < -0.4 is 5.73 Å². The van der Waals surface area contributed by atoms with Crippen molar-refractivity contribution in [3.05, 3.63) is 0 Å². The molecule has 1 saturated heterocycles. The maximum atomic E-state index is 12.2. The Hall–Kier alpha value is -0.290. The highest BCUT2D eigenvalue weighted by Crippen LogP contribution is 2.28. The zero-order valence-corrected chi connectivity index (χ0v) is 6.77. The van der Waals surface area contributed by atoms with Crippen LogP contribution in [0.1, 0.15) is 19.3 Å². The lowest BCUT2D eigenvalue weighted by atomic mass is 10.0. The summed E-state index contributed by atoms with van der Waals surface area (Å²) >= 11 is 0. The van der Waals surface area contributed by atoms with Gasteiger partial charge >= 0.3 is 6.30 Å². The Morgan fingerprint density at radius 1 is 1.33 bits per heavy atom. The lowest BCUT2D eigenvalue weighted by molar-refractivity contribution is -0.262. The molecule has 0 aromatic carbocycles. The van der Waals surface area contributed by atoms with Crippen molar-refractivity contribution < 1.29 is 13.2 Å². The number of hydrogen-bond donors (Lipinski definition) is 1. The topological polar surface area (TPSA) is 29.3 Å². The molecular weight excluding hydrogens is 169 g/mol. The third-order valence-corrected chi connectivity index (χ3v) is 2.22. The minimum Gasteiger partial charge on any atom is -0.329 e. The molecule has 1 rings (SSSR count). The van der Waals surface area contributed by atoms with Crippen LogP contribution in [0.15, 0.2) is 0 Å². The van der Waals surface area contributed by atoms with Gasteiger partial charge in [-0.3, -0.25) is 0 Å². The van der Waals surface area contributed by atoms with Crippen LogP contribution in [-0.4, -0.2) is 30.3 Å². The van der Waals surface area contributed by atoms with Crippen LogP contribution in [0.3, 0.4) is 0 Å². The number of nitrogens with two attached hydrogens (primary N) is 1. The standard InChI is InChI=1S/C7H13F3N2/c8-7(9,10)12-4-2-1-3-6(12)5-11/h6H,1-5,11H2/t6-/m1/s1. The normalized spacial score (nSPS) is 27.5. The van der Waals surface area contributed by atoms with Crippen molar-refractivity contribution in [2.45, 2.75) is 31.6 Å². The molecule has 0 bridgehead atoms. The third kappa shape index (κ3) is 2.10. The molecule has 1 heterocycles. The second kappa shape index (κ2) is 3.62. The molecule has 1 atom stereocenters. The van der Waals surface area contributed by atoms with E-state index in [1.54, 1.807) is 0 Å². The summed E-state index contributed by atoms with van der Waals surface area (Å²) < 4.78 is 36.7. The van der Waals surface area contributed by atoms with Gasteiger partial charge in [-0.1, -0.05) is 6.42 Å². The van der Waals surface area contributed by atoms with Crippen molar-refractivity contribution in [3.8, 4) is 0 Å². The van der Waals surface area contributed by atoms with Crippen LogP contribution >= 0.6 is 0 Å². The summed E-state index contributed by atoms with van der Waals surface area (Å²) in [6.45, 7) is 0.199. The Bertz CT molecular complexity index is 146. The summed E-state index contributed by atoms with van der Waals surface area (Å²) in [5.41, 5.74) is 5.25. The molecule has 2 N–H and O–H groups in total. The van der Waals surface area contributed by atoms with Crippen molar-refractivity contribution in [2.24, 2.45) is 5.73 Å². The molecule has 1 aliphatic rings. The number of rotatable bonds is 1. The van der Waals surface area contributed by atoms with E-state index in [2.05, 4.69) is 0 Å². The van der Waals surface area contributed by atoms with Crippen LogP contribution in [0.5, 0.6) is 0 Å². The molecule has 0 amide bonds. The first-order valence-corrected chi connectivity index (χ1v) is 4.09. The monoisotopic (exact) mass is 182 g/mol. The fourth-order valence-corrected chi connectivity index (χ4v) is 1.58. The van der Waals surface area contributed by atoms with Crippen LogP contribution in [0.25, 0.3) is 0 Å². The largest absolute Gasteiger partial charge is 0.460 e. The number of likely N-dealkylation sites (tertiary alicyclic amines) is 1. The average molecular weight is 182 g/mol. The van der Waals surface area contributed by atoms with Gasteiger partial charge < -0.3 is 5.73 Å². The SMILES string of the molecule is NC[C@H]1CCCCN1C(F)(F)F. The van der Waals surface area contributed by atoms with Gasteiger partial charge in [0, 0.05) is 19.1 Å². The summed E-state index contributed by atoms with van der Waals surface area (Å²) in [5.74, 6) is 0. The molecule has 72 valence electrons. The maximum absolute atomic E-state index is 12.2. The summed E-state index contributed by atoms with van der Waals surface area (Å²) in [5, 5.41) is 0. The molecule has 0 aliphatic carbocycles. The predicted octanol–water partition coefficient (Wildman–Crippen LogP) is 1.32. The predicted molar refractivity (Wildman–Crippen MR) is 39.5 cm³/mol. The molecule has 0 aromatic rings. The molecule has 0 radical (unpaired) electrons. The van der Waals surface area contributed by atoms with E-state index in [0.29, 0.717) is 17.7 Å². The molecular formula is C7H13F3N2. The van der Waals surface area contributed by atoms with Crippen LogP contribution in [-0.2, 0) is 0 Å². The Balaban J connectivity index is 2.59. The van der Waals surface area contributed by atoms with Gasteiger partial charge in [-0.25, -0.2) is 4.90 Å². The Morgan fingerprint density at radius 2 is 2.00 bits per heavy atom. The lowest BCUT2D eigenvalue weighted by Crippen LogP contribution is -2.51. The smallest absolute Gasteiger partial charge is 0.329 e. The van der Waals surface area contributed by atoms with E-state index in [-0.39, 0.29) is 13.1 Å². The van der Waals surface area contributed by atoms with E-state index in [0.717, 1.165) is 6.42 Å². The molecule has 0 saturated carbocycles. The highest BCUT2D eigenvalue weighted by molar-refractivity contribution is 4.78. The number of piperidine rings is 1. The van der Waals surface area contributed by atoms with E-state index in [9.17, 15) is 13.2 Å². The number of alkyl halides is 3. The van der Waals surface area contributed by atoms with E-state index < -0.39 is 12.3 Å². The van der Waals surface area contributed by atoms with Gasteiger partial charge in [-0.2, -0.15) is 13.2 Å². The molecule has 12 heavy (non-hydrogen) atoms. The molecule has 1 aliphatic heterocycles. The fraction of sp³-hybridized carbons (Fsp3) is 1.00. The summed E-state index contributed by atoms with van der Waals surface area (Å²) in [6.07, 6.45) is -2.16. The van der Waals surface area contributed by atoms with Crippen molar-refractivity contribution in [3.63, 3.8) is 0 Å². The first kappa shape index (κ1) is 9.80. The van der Waals surface area contributed by atoms with Crippen molar-refractivity contribution >= 4 is 0 Å². The first-order valence-electron chi connectivity index (χ1n) is 4.09. The first-order chi connectivity index (χ1) is 5.55. The fourth-order valence-electron chi connectivity index (χ4n) is 1.58. The van der Waals surface area contributed by atoms with E-state index in [4.69, 9.17) is 5.73 Å². The van der Waals surface area contributed by atoms with Gasteiger partial charge in [-0.05, 0) is 12.8 Å². The number of halogens is 3. The third-order valence-electron chi connectivity index (χ3n) is 2.22. The zero-order valence-electron chi connectivity index (χ0n) is 6.77. The second-order valence-electron chi connectivity index (χ2n) is 3.05. The Morgan fingerprint density at radius 3 is 2.42 bits per heavy atom. The minimum absolute atomic E-state index is 0.0967. The number of nitrogens with zero attached hydrogens (tertiary/aromatic N) is 1. The van der Waals surface area contributed by atoms with E-state index >= 15 is 0 Å². The summed E-state index contributed by atoms with van der Waals surface area (Å²) in [7, 11) is 0. The molecule has 0 aromatic heterocycles. The van der Waals surface area contributed by atoms with Gasteiger partial charge in [0.05, 0.1) is 0 Å². The summed E-state index contributed by atoms with van der Waals surface area (Å²) in [6, 6.07) is -0.501. The summed E-state index contributed by atoms with van der Waals surface area (Å²) in [4.78, 5) is 0.552. The van der Waals surface area contributed by atoms with Crippen molar-refractivity contribution in [1.82, 2.24) is 4.90 Å². The van der Waals surface area contributed by atoms with E-state index in [1.807, 2.05) is 0 Å². The highest BCUT2D eigenvalue weighted by Gasteiger charge is 2.42. The number of hydrogen-bond acceptors (Lipinski definition) is 2. The van der Waals surface area contributed by atoms with Gasteiger partial charge in [0.2, 0.25) is 0 Å². The Labute approximate surface area is 69.5 Å². The lowest BCUT2D eigenvalue weighted by Gasteiger charge is -2.35. The molecule has 0 unspecified atom stereocenters. The highest BCUT2D eigenvalue weighted by atomic mass is 19.4. The zero-order chi connectivity index (χ0) is 9.19. The van der Waals surface area contributed by atoms with Gasteiger partial charge in [0.15, 0.2) is 0 Å². The van der Waals surface area contributed by atoms with Gasteiger partial charge in [-0.15, -0.1) is 0 Å². The molecule has 5 heteroatoms. The average Bonchev–Trinajstić information content (AvgIpc) is 2.03. The quantitative estimate of drug-likeness (QED) is 0.620. The van der Waals surface area contributed by atoms with Crippen LogP contribution in [0, 0.1) is 0 Å². The van der Waals surface area contributed by atoms with Gasteiger partial charge in [0.25, 0.3) is 0 Å². The maximum Gasteiger partial charge on any atom is 0.460 e. The minimum atomic E-state index is -4.20.